The van der Waals surface area contributed by atoms with Gasteiger partial charge in [-0.2, -0.15) is 18.2 Å². The first-order chi connectivity index (χ1) is 14.7. The molecule has 0 unspecified atom stereocenters. The molecule has 0 aliphatic rings. The summed E-state index contributed by atoms with van der Waals surface area (Å²) in [5, 5.41) is 4.13. The van der Waals surface area contributed by atoms with Crippen molar-refractivity contribution < 1.29 is 31.8 Å². The van der Waals surface area contributed by atoms with Gasteiger partial charge in [0, 0.05) is 13.0 Å². The minimum absolute atomic E-state index is 0.0288. The highest BCUT2D eigenvalue weighted by Crippen LogP contribution is 2.32. The second-order valence-corrected chi connectivity index (χ2v) is 7.66. The van der Waals surface area contributed by atoms with Gasteiger partial charge in [0.1, 0.15) is 23.1 Å². The summed E-state index contributed by atoms with van der Waals surface area (Å²) in [7, 11) is 0. The number of benzene rings is 2. The molecule has 4 aromatic rings. The third-order valence-corrected chi connectivity index (χ3v) is 5.64. The Hall–Kier alpha value is -3.47. The molecule has 31 heavy (non-hydrogen) atoms. The molecule has 2 heterocycles. The van der Waals surface area contributed by atoms with Crippen LogP contribution in [0.5, 0.6) is 5.75 Å². The predicted octanol–water partition coefficient (Wildman–Crippen LogP) is 4.62. The summed E-state index contributed by atoms with van der Waals surface area (Å²) in [6.07, 6.45) is -4.39. The van der Waals surface area contributed by atoms with E-state index in [9.17, 15) is 22.4 Å². The van der Waals surface area contributed by atoms with Crippen LogP contribution in [-0.2, 0) is 12.8 Å². The van der Waals surface area contributed by atoms with Gasteiger partial charge in [0.15, 0.2) is 11.5 Å². The molecule has 4 rings (SSSR count). The summed E-state index contributed by atoms with van der Waals surface area (Å²) in [5.74, 6) is -1.21. The summed E-state index contributed by atoms with van der Waals surface area (Å²) in [6.45, 7) is 1.95. The van der Waals surface area contributed by atoms with Gasteiger partial charge in [0.2, 0.25) is 0 Å². The van der Waals surface area contributed by atoms with Crippen molar-refractivity contribution in [2.45, 2.75) is 19.7 Å². The number of aryl methyl sites for hydroxylation is 1. The average Bonchev–Trinajstić information content (AvgIpc) is 3.31. The van der Waals surface area contributed by atoms with Gasteiger partial charge in [-0.15, -0.1) is 0 Å². The standard InChI is InChI=1S/C20H13F4N3O3S/c1-10-16(31-18(25-10)11-2-4-12(5-3-11)20(22,23)24)9-29-13-6-7-14(15(21)8-13)17-26-19(28)30-27-17/h2-8H,9H2,1H3,(H,26,27,28)/p+1. The molecule has 0 amide bonds. The topological polar surface area (TPSA) is 82.3 Å². The number of alkyl halides is 3. The maximum Gasteiger partial charge on any atom is 0.439 e. The van der Waals surface area contributed by atoms with Crippen molar-refractivity contribution in [1.29, 1.82) is 0 Å². The summed E-state index contributed by atoms with van der Waals surface area (Å²) in [6, 6.07) is 8.94. The number of thiazole rings is 1. The average molecular weight is 452 g/mol. The number of hydrogen-bond donors (Lipinski definition) is 1. The first-order valence-electron chi connectivity index (χ1n) is 8.88. The van der Waals surface area contributed by atoms with Crippen LogP contribution in [0.25, 0.3) is 22.0 Å². The lowest BCUT2D eigenvalue weighted by molar-refractivity contribution is -0.368. The number of H-pyrrole nitrogens is 2. The first-order valence-corrected chi connectivity index (χ1v) is 9.70. The number of rotatable bonds is 5. The molecule has 0 saturated heterocycles. The zero-order chi connectivity index (χ0) is 22.2. The summed E-state index contributed by atoms with van der Waals surface area (Å²) in [4.78, 5) is 17.2. The first kappa shape index (κ1) is 20.8. The second kappa shape index (κ2) is 7.99. The molecular weight excluding hydrogens is 438 g/mol. The van der Waals surface area contributed by atoms with E-state index in [0.29, 0.717) is 10.6 Å². The van der Waals surface area contributed by atoms with Crippen LogP contribution in [0, 0.1) is 12.7 Å². The Morgan fingerprint density at radius 2 is 1.94 bits per heavy atom. The van der Waals surface area contributed by atoms with E-state index in [4.69, 9.17) is 4.74 Å². The monoisotopic (exact) mass is 452 g/mol. The fourth-order valence-corrected chi connectivity index (χ4v) is 3.84. The van der Waals surface area contributed by atoms with E-state index < -0.39 is 23.3 Å². The largest absolute Gasteiger partial charge is 0.488 e. The number of hydrogen-bond acceptors (Lipinski definition) is 5. The van der Waals surface area contributed by atoms with Crippen molar-refractivity contribution in [2.75, 3.05) is 0 Å². The molecule has 0 aliphatic heterocycles. The van der Waals surface area contributed by atoms with Crippen molar-refractivity contribution in [3.8, 4) is 27.7 Å². The number of aromatic amines is 2. The summed E-state index contributed by atoms with van der Waals surface area (Å²) < 4.78 is 62.5. The van der Waals surface area contributed by atoms with Crippen LogP contribution in [-0.4, -0.2) is 10.1 Å². The smallest absolute Gasteiger partial charge is 0.439 e. The normalized spacial score (nSPS) is 11.6. The number of ether oxygens (including phenoxy) is 1. The highest BCUT2D eigenvalue weighted by atomic mass is 32.1. The van der Waals surface area contributed by atoms with Crippen LogP contribution in [0.4, 0.5) is 17.6 Å². The Morgan fingerprint density at radius 3 is 2.55 bits per heavy atom. The maximum atomic E-state index is 14.3. The Morgan fingerprint density at radius 1 is 1.19 bits per heavy atom. The van der Waals surface area contributed by atoms with E-state index in [-0.39, 0.29) is 23.7 Å². The molecule has 2 aromatic carbocycles. The molecule has 2 N–H and O–H groups in total. The van der Waals surface area contributed by atoms with Gasteiger partial charge in [-0.05, 0) is 36.4 Å². The van der Waals surface area contributed by atoms with Crippen molar-refractivity contribution >= 4 is 11.3 Å². The molecule has 0 fully saturated rings. The van der Waals surface area contributed by atoms with E-state index in [2.05, 4.69) is 19.6 Å². The van der Waals surface area contributed by atoms with E-state index in [0.717, 1.165) is 28.8 Å². The number of halogens is 4. The lowest BCUT2D eigenvalue weighted by Gasteiger charge is -2.06. The molecule has 0 radical (unpaired) electrons. The summed E-state index contributed by atoms with van der Waals surface area (Å²) >= 11 is 1.33. The van der Waals surface area contributed by atoms with Crippen LogP contribution in [0.15, 0.2) is 51.8 Å². The van der Waals surface area contributed by atoms with Crippen LogP contribution < -0.4 is 15.5 Å². The minimum Gasteiger partial charge on any atom is -0.488 e. The van der Waals surface area contributed by atoms with Crippen molar-refractivity contribution in [3.05, 3.63) is 75.0 Å². The SMILES string of the molecule is Cc1[nH+]c(-c2ccc(C(F)(F)F)cc2)sc1COc1ccc(-c2noc(=O)[nH]2)c(F)c1. The number of aromatic nitrogens is 3. The second-order valence-electron chi connectivity index (χ2n) is 6.55. The maximum absolute atomic E-state index is 14.3. The van der Waals surface area contributed by atoms with E-state index >= 15 is 0 Å². The number of nitrogens with zero attached hydrogens (tertiary/aromatic N) is 1. The van der Waals surface area contributed by atoms with Crippen LogP contribution in [0.2, 0.25) is 0 Å². The molecule has 0 saturated carbocycles. The molecule has 2 aromatic heterocycles. The quantitative estimate of drug-likeness (QED) is 0.448. The fraction of sp³-hybridized carbons (Fsp3) is 0.150. The van der Waals surface area contributed by atoms with Gasteiger partial charge in [0.05, 0.1) is 16.7 Å². The third kappa shape index (κ3) is 4.50. The van der Waals surface area contributed by atoms with E-state index in [1.807, 2.05) is 6.92 Å². The van der Waals surface area contributed by atoms with E-state index in [1.54, 1.807) is 0 Å². The molecule has 0 bridgehead atoms. The van der Waals surface area contributed by atoms with Crippen LogP contribution >= 0.6 is 11.3 Å². The van der Waals surface area contributed by atoms with Crippen molar-refractivity contribution in [3.63, 3.8) is 0 Å². The van der Waals surface area contributed by atoms with Crippen molar-refractivity contribution in [1.82, 2.24) is 10.1 Å². The predicted molar refractivity (Wildman–Crippen MR) is 103 cm³/mol. The Kier molecular flexibility index (Phi) is 5.36. The lowest BCUT2D eigenvalue weighted by atomic mass is 10.1. The van der Waals surface area contributed by atoms with Gasteiger partial charge < -0.3 is 4.74 Å². The number of nitrogens with one attached hydrogen (secondary N) is 2. The van der Waals surface area contributed by atoms with Gasteiger partial charge in [-0.25, -0.2) is 9.18 Å². The van der Waals surface area contributed by atoms with Gasteiger partial charge in [-0.3, -0.25) is 9.51 Å². The zero-order valence-corrected chi connectivity index (χ0v) is 16.7. The molecule has 0 atom stereocenters. The third-order valence-electron chi connectivity index (χ3n) is 4.42. The van der Waals surface area contributed by atoms with Crippen LogP contribution in [0.1, 0.15) is 16.1 Å². The summed E-state index contributed by atoms with van der Waals surface area (Å²) in [5.41, 5.74) is 0.748. The highest BCUT2D eigenvalue weighted by Gasteiger charge is 2.30. The highest BCUT2D eigenvalue weighted by molar-refractivity contribution is 7.14. The molecule has 160 valence electrons. The minimum atomic E-state index is -4.39. The molecule has 0 aliphatic carbocycles. The Balaban J connectivity index is 1.48. The molecular formula is C20H14F4N3O3S+. The lowest BCUT2D eigenvalue weighted by Crippen LogP contribution is -2.07. The molecule has 6 nitrogen and oxygen atoms in total. The van der Waals surface area contributed by atoms with Gasteiger partial charge in [0.25, 0.3) is 5.01 Å². The fourth-order valence-electron chi connectivity index (χ4n) is 2.82. The van der Waals surface area contributed by atoms with E-state index in [1.165, 1.54) is 35.6 Å². The zero-order valence-electron chi connectivity index (χ0n) is 15.8. The Bertz CT molecular complexity index is 1280. The van der Waals surface area contributed by atoms with Gasteiger partial charge >= 0.3 is 11.9 Å². The van der Waals surface area contributed by atoms with Crippen LogP contribution in [0.3, 0.4) is 0 Å². The van der Waals surface area contributed by atoms with Gasteiger partial charge in [-0.1, -0.05) is 16.5 Å². The molecule has 11 heteroatoms. The van der Waals surface area contributed by atoms with Crippen molar-refractivity contribution in [2.24, 2.45) is 0 Å². The Labute approximate surface area is 176 Å². The molecule has 0 spiro atoms.